The van der Waals surface area contributed by atoms with Crippen LogP contribution < -0.4 is 0 Å². The standard InChI is InChI=1S/C14H15BrN4O2/c1-9-16-17-13-8-18(12(14(20)21)7-19(9)13)6-10-2-4-11(15)5-3-10/h2-5,12H,6-8H2,1H3,(H,20,21). The number of carbonyl (C=O) groups is 1. The molecule has 7 heteroatoms. The van der Waals surface area contributed by atoms with Crippen LogP contribution in [0.4, 0.5) is 0 Å². The number of nitrogens with zero attached hydrogens (tertiary/aromatic N) is 4. The van der Waals surface area contributed by atoms with Crippen molar-refractivity contribution < 1.29 is 9.90 Å². The molecule has 0 amide bonds. The maximum absolute atomic E-state index is 11.5. The molecule has 0 saturated carbocycles. The van der Waals surface area contributed by atoms with E-state index < -0.39 is 12.0 Å². The molecule has 2 heterocycles. The van der Waals surface area contributed by atoms with Crippen molar-refractivity contribution in [3.8, 4) is 0 Å². The summed E-state index contributed by atoms with van der Waals surface area (Å²) >= 11 is 3.40. The zero-order valence-electron chi connectivity index (χ0n) is 11.5. The first-order valence-corrected chi connectivity index (χ1v) is 7.44. The average Bonchev–Trinajstić information content (AvgIpc) is 2.81. The lowest BCUT2D eigenvalue weighted by molar-refractivity contribution is -0.145. The van der Waals surface area contributed by atoms with Crippen molar-refractivity contribution in [2.24, 2.45) is 0 Å². The Labute approximate surface area is 130 Å². The highest BCUT2D eigenvalue weighted by atomic mass is 79.9. The number of aryl methyl sites for hydroxylation is 1. The van der Waals surface area contributed by atoms with Crippen molar-refractivity contribution in [3.63, 3.8) is 0 Å². The molecule has 3 rings (SSSR count). The molecule has 1 atom stereocenters. The quantitative estimate of drug-likeness (QED) is 0.913. The van der Waals surface area contributed by atoms with Crippen LogP contribution in [0, 0.1) is 6.92 Å². The van der Waals surface area contributed by atoms with Gasteiger partial charge in [-0.2, -0.15) is 0 Å². The van der Waals surface area contributed by atoms with Gasteiger partial charge in [-0.25, -0.2) is 0 Å². The van der Waals surface area contributed by atoms with E-state index in [-0.39, 0.29) is 0 Å². The summed E-state index contributed by atoms with van der Waals surface area (Å²) < 4.78 is 2.90. The molecule has 0 saturated heterocycles. The van der Waals surface area contributed by atoms with Gasteiger partial charge in [0.15, 0.2) is 0 Å². The Kier molecular flexibility index (Phi) is 3.77. The second-order valence-electron chi connectivity index (χ2n) is 5.16. The zero-order chi connectivity index (χ0) is 15.0. The summed E-state index contributed by atoms with van der Waals surface area (Å²) in [5.41, 5.74) is 1.08. The van der Waals surface area contributed by atoms with E-state index in [9.17, 15) is 9.90 Å². The Morgan fingerprint density at radius 2 is 2.10 bits per heavy atom. The minimum absolute atomic E-state index is 0.389. The van der Waals surface area contributed by atoms with E-state index in [1.54, 1.807) is 0 Å². The van der Waals surface area contributed by atoms with Gasteiger partial charge < -0.3 is 9.67 Å². The molecule has 21 heavy (non-hydrogen) atoms. The van der Waals surface area contributed by atoms with Gasteiger partial charge in [0.25, 0.3) is 0 Å². The van der Waals surface area contributed by atoms with Gasteiger partial charge in [-0.15, -0.1) is 10.2 Å². The zero-order valence-corrected chi connectivity index (χ0v) is 13.1. The first kappa shape index (κ1) is 14.2. The molecule has 1 aliphatic rings. The molecule has 6 nitrogen and oxygen atoms in total. The maximum Gasteiger partial charge on any atom is 0.322 e. The molecular weight excluding hydrogens is 336 g/mol. The third-order valence-corrected chi connectivity index (χ3v) is 4.27. The van der Waals surface area contributed by atoms with E-state index in [4.69, 9.17) is 0 Å². The SMILES string of the molecule is Cc1nnc2n1CC(C(=O)O)N(Cc1ccc(Br)cc1)C2. The highest BCUT2D eigenvalue weighted by Crippen LogP contribution is 2.21. The maximum atomic E-state index is 11.5. The van der Waals surface area contributed by atoms with Crippen LogP contribution in [0.5, 0.6) is 0 Å². The van der Waals surface area contributed by atoms with Crippen LogP contribution in [0.25, 0.3) is 0 Å². The first-order chi connectivity index (χ1) is 10.0. The lowest BCUT2D eigenvalue weighted by atomic mass is 10.1. The highest BCUT2D eigenvalue weighted by Gasteiger charge is 2.33. The number of hydrogen-bond donors (Lipinski definition) is 1. The van der Waals surface area contributed by atoms with Gasteiger partial charge >= 0.3 is 5.97 Å². The molecule has 2 aromatic rings. The molecule has 0 radical (unpaired) electrons. The van der Waals surface area contributed by atoms with E-state index in [0.29, 0.717) is 19.6 Å². The second kappa shape index (κ2) is 5.57. The molecule has 1 aromatic carbocycles. The number of hydrogen-bond acceptors (Lipinski definition) is 4. The summed E-state index contributed by atoms with van der Waals surface area (Å²) in [5, 5.41) is 17.6. The van der Waals surface area contributed by atoms with Crippen molar-refractivity contribution in [3.05, 3.63) is 46.0 Å². The van der Waals surface area contributed by atoms with Gasteiger partial charge in [-0.05, 0) is 24.6 Å². The minimum Gasteiger partial charge on any atom is -0.480 e. The van der Waals surface area contributed by atoms with E-state index in [2.05, 4.69) is 26.1 Å². The summed E-state index contributed by atoms with van der Waals surface area (Å²) in [7, 11) is 0. The average molecular weight is 351 g/mol. The van der Waals surface area contributed by atoms with Gasteiger partial charge in [-0.1, -0.05) is 28.1 Å². The van der Waals surface area contributed by atoms with Gasteiger partial charge in [0.1, 0.15) is 17.7 Å². The van der Waals surface area contributed by atoms with Crippen molar-refractivity contribution in [1.29, 1.82) is 0 Å². The van der Waals surface area contributed by atoms with E-state index in [1.807, 2.05) is 40.7 Å². The first-order valence-electron chi connectivity index (χ1n) is 6.64. The molecule has 1 aromatic heterocycles. The van der Waals surface area contributed by atoms with Crippen molar-refractivity contribution in [1.82, 2.24) is 19.7 Å². The summed E-state index contributed by atoms with van der Waals surface area (Å²) in [6.45, 7) is 3.31. The predicted molar refractivity (Wildman–Crippen MR) is 79.6 cm³/mol. The molecule has 0 fully saturated rings. The van der Waals surface area contributed by atoms with Crippen LogP contribution in [0.15, 0.2) is 28.7 Å². The summed E-state index contributed by atoms with van der Waals surface area (Å²) in [6, 6.07) is 7.35. The third-order valence-electron chi connectivity index (χ3n) is 3.74. The molecular formula is C14H15BrN4O2. The topological polar surface area (TPSA) is 71.2 Å². The number of fused-ring (bicyclic) bond motifs is 1. The normalized spacial score (nSPS) is 18.5. The Hall–Kier alpha value is -1.73. The lowest BCUT2D eigenvalue weighted by Gasteiger charge is -2.33. The van der Waals surface area contributed by atoms with Crippen molar-refractivity contribution >= 4 is 21.9 Å². The Morgan fingerprint density at radius 3 is 2.76 bits per heavy atom. The smallest absolute Gasteiger partial charge is 0.322 e. The van der Waals surface area contributed by atoms with Crippen molar-refractivity contribution in [2.75, 3.05) is 0 Å². The summed E-state index contributed by atoms with van der Waals surface area (Å²) in [5.74, 6) is 0.771. The third kappa shape index (κ3) is 2.84. The molecule has 1 N–H and O–H groups in total. The Balaban J connectivity index is 1.85. The fourth-order valence-corrected chi connectivity index (χ4v) is 2.85. The molecule has 1 unspecified atom stereocenters. The van der Waals surface area contributed by atoms with Crippen LogP contribution >= 0.6 is 15.9 Å². The molecule has 0 bridgehead atoms. The predicted octanol–water partition coefficient (Wildman–Crippen LogP) is 1.82. The van der Waals surface area contributed by atoms with Crippen LogP contribution in [0.1, 0.15) is 17.2 Å². The van der Waals surface area contributed by atoms with Gasteiger partial charge in [-0.3, -0.25) is 9.69 Å². The van der Waals surface area contributed by atoms with Crippen molar-refractivity contribution in [2.45, 2.75) is 32.6 Å². The number of rotatable bonds is 3. The molecule has 0 aliphatic carbocycles. The van der Waals surface area contributed by atoms with E-state index in [0.717, 1.165) is 21.7 Å². The summed E-state index contributed by atoms with van der Waals surface area (Å²) in [6.07, 6.45) is 0. The van der Waals surface area contributed by atoms with Crippen LogP contribution in [-0.4, -0.2) is 36.8 Å². The van der Waals surface area contributed by atoms with Crippen LogP contribution in [0.3, 0.4) is 0 Å². The fraction of sp³-hybridized carbons (Fsp3) is 0.357. The van der Waals surface area contributed by atoms with Gasteiger partial charge in [0.05, 0.1) is 13.1 Å². The van der Waals surface area contributed by atoms with Crippen LogP contribution in [0.2, 0.25) is 0 Å². The molecule has 0 spiro atoms. The molecule has 1 aliphatic heterocycles. The minimum atomic E-state index is -0.814. The van der Waals surface area contributed by atoms with Crippen LogP contribution in [-0.2, 0) is 24.4 Å². The number of aliphatic carboxylic acids is 1. The number of aromatic nitrogens is 3. The highest BCUT2D eigenvalue weighted by molar-refractivity contribution is 9.10. The summed E-state index contributed by atoms with van der Waals surface area (Å²) in [4.78, 5) is 13.5. The Bertz CT molecular complexity index is 668. The van der Waals surface area contributed by atoms with Gasteiger partial charge in [0.2, 0.25) is 0 Å². The number of benzene rings is 1. The lowest BCUT2D eigenvalue weighted by Crippen LogP contribution is -2.47. The second-order valence-corrected chi connectivity index (χ2v) is 6.08. The number of carboxylic acid groups (broad SMARTS) is 1. The van der Waals surface area contributed by atoms with Gasteiger partial charge in [0, 0.05) is 11.0 Å². The number of carboxylic acids is 1. The fourth-order valence-electron chi connectivity index (χ4n) is 2.58. The Morgan fingerprint density at radius 1 is 1.38 bits per heavy atom. The van der Waals surface area contributed by atoms with E-state index >= 15 is 0 Å². The monoisotopic (exact) mass is 350 g/mol. The number of halogens is 1. The largest absolute Gasteiger partial charge is 0.480 e. The van der Waals surface area contributed by atoms with E-state index in [1.165, 1.54) is 0 Å². The molecule has 110 valence electrons.